The van der Waals surface area contributed by atoms with Gasteiger partial charge in [0.25, 0.3) is 0 Å². The molecule has 2 rings (SSSR count). The summed E-state index contributed by atoms with van der Waals surface area (Å²) in [6, 6.07) is 6.17. The fraction of sp³-hybridized carbons (Fsp3) is 0.167. The van der Waals surface area contributed by atoms with E-state index in [4.69, 9.17) is 5.73 Å². The molecule has 1 aromatic carbocycles. The van der Waals surface area contributed by atoms with E-state index in [0.717, 1.165) is 20.0 Å². The molecule has 0 aliphatic heterocycles. The van der Waals surface area contributed by atoms with Gasteiger partial charge in [0, 0.05) is 27.8 Å². The summed E-state index contributed by atoms with van der Waals surface area (Å²) in [7, 11) is 0. The zero-order chi connectivity index (χ0) is 12.3. The molecule has 1 atom stereocenters. The van der Waals surface area contributed by atoms with E-state index in [2.05, 4.69) is 25.9 Å². The maximum Gasteiger partial charge on any atom is 0.119 e. The molecule has 0 aliphatic rings. The van der Waals surface area contributed by atoms with Gasteiger partial charge in [-0.05, 0) is 40.5 Å². The summed E-state index contributed by atoms with van der Waals surface area (Å²) in [5.41, 5.74) is 6.95. The second-order valence-corrected chi connectivity index (χ2v) is 5.54. The normalized spacial score (nSPS) is 12.4. The number of rotatable bonds is 3. The van der Waals surface area contributed by atoms with Crippen molar-refractivity contribution in [1.82, 2.24) is 9.97 Å². The fourth-order valence-electron chi connectivity index (χ4n) is 1.33. The summed E-state index contributed by atoms with van der Waals surface area (Å²) < 4.78 is 1.03. The molecule has 0 spiro atoms. The third kappa shape index (κ3) is 3.28. The van der Waals surface area contributed by atoms with Crippen LogP contribution in [0.15, 0.2) is 51.2 Å². The van der Waals surface area contributed by atoms with Crippen molar-refractivity contribution in [1.29, 1.82) is 0 Å². The smallest absolute Gasteiger partial charge is 0.119 e. The summed E-state index contributed by atoms with van der Waals surface area (Å²) in [5.74, 6) is 0. The van der Waals surface area contributed by atoms with Crippen molar-refractivity contribution < 1.29 is 0 Å². The minimum Gasteiger partial charge on any atom is -0.324 e. The second kappa shape index (κ2) is 5.62. The third-order valence-electron chi connectivity index (χ3n) is 2.24. The Morgan fingerprint density at radius 3 is 2.76 bits per heavy atom. The molecule has 0 saturated carbocycles. The zero-order valence-electron chi connectivity index (χ0n) is 9.30. The highest BCUT2D eigenvalue weighted by atomic mass is 79.9. The molecule has 0 aliphatic carbocycles. The Labute approximate surface area is 113 Å². The number of hydrogen-bond donors (Lipinski definition) is 1. The first-order valence-corrected chi connectivity index (χ1v) is 6.76. The molecule has 1 heterocycles. The molecule has 0 amide bonds. The summed E-state index contributed by atoms with van der Waals surface area (Å²) in [6.07, 6.45) is 5.10. The van der Waals surface area contributed by atoms with E-state index in [1.54, 1.807) is 30.4 Å². The molecule has 0 unspecified atom stereocenters. The molecular formula is C12H12BrN3S. The monoisotopic (exact) mass is 309 g/mol. The average molecular weight is 310 g/mol. The predicted octanol–water partition coefficient (Wildman–Crippen LogP) is 3.41. The van der Waals surface area contributed by atoms with Gasteiger partial charge in [0.15, 0.2) is 0 Å². The van der Waals surface area contributed by atoms with Crippen molar-refractivity contribution in [2.24, 2.45) is 5.73 Å². The Balaban J connectivity index is 2.23. The number of aromatic nitrogens is 2. The van der Waals surface area contributed by atoms with Gasteiger partial charge in [-0.2, -0.15) is 0 Å². The first-order chi connectivity index (χ1) is 8.16. The summed E-state index contributed by atoms with van der Waals surface area (Å²) in [5, 5.41) is 0.877. The van der Waals surface area contributed by atoms with Crippen LogP contribution < -0.4 is 5.73 Å². The van der Waals surface area contributed by atoms with Crippen LogP contribution in [0.2, 0.25) is 0 Å². The third-order valence-corrected chi connectivity index (χ3v) is 4.15. The molecular weight excluding hydrogens is 298 g/mol. The molecule has 3 nitrogen and oxygen atoms in total. The zero-order valence-corrected chi connectivity index (χ0v) is 11.7. The summed E-state index contributed by atoms with van der Waals surface area (Å²) in [4.78, 5) is 9.37. The quantitative estimate of drug-likeness (QED) is 0.944. The number of hydrogen-bond acceptors (Lipinski definition) is 4. The minimum atomic E-state index is 0.0434. The highest BCUT2D eigenvalue weighted by Crippen LogP contribution is 2.33. The van der Waals surface area contributed by atoms with Crippen molar-refractivity contribution in [2.45, 2.75) is 22.9 Å². The van der Waals surface area contributed by atoms with Crippen LogP contribution in [0.3, 0.4) is 0 Å². The molecule has 0 bridgehead atoms. The lowest BCUT2D eigenvalue weighted by Gasteiger charge is -2.09. The van der Waals surface area contributed by atoms with Gasteiger partial charge >= 0.3 is 0 Å². The SMILES string of the molecule is C[C@@H](N)c1ccc(Sc2cnccn2)c(Br)c1. The van der Waals surface area contributed by atoms with Gasteiger partial charge in [-0.3, -0.25) is 4.98 Å². The number of nitrogens with two attached hydrogens (primary N) is 1. The molecule has 0 radical (unpaired) electrons. The molecule has 2 aromatic rings. The van der Waals surface area contributed by atoms with Gasteiger partial charge < -0.3 is 5.73 Å². The summed E-state index contributed by atoms with van der Waals surface area (Å²) in [6.45, 7) is 1.97. The molecule has 0 fully saturated rings. The van der Waals surface area contributed by atoms with Gasteiger partial charge in [0.1, 0.15) is 5.03 Å². The van der Waals surface area contributed by atoms with Crippen LogP contribution in [0, 0.1) is 0 Å². The molecule has 88 valence electrons. The van der Waals surface area contributed by atoms with E-state index in [-0.39, 0.29) is 6.04 Å². The Morgan fingerprint density at radius 1 is 1.35 bits per heavy atom. The molecule has 1 aromatic heterocycles. The van der Waals surface area contributed by atoms with Crippen LogP contribution in [0.25, 0.3) is 0 Å². The second-order valence-electron chi connectivity index (χ2n) is 3.62. The van der Waals surface area contributed by atoms with Crippen LogP contribution in [0.1, 0.15) is 18.5 Å². The van der Waals surface area contributed by atoms with E-state index in [0.29, 0.717) is 0 Å². The average Bonchev–Trinajstić information content (AvgIpc) is 2.33. The topological polar surface area (TPSA) is 51.8 Å². The van der Waals surface area contributed by atoms with Gasteiger partial charge in [-0.1, -0.05) is 17.8 Å². The number of nitrogens with zero attached hydrogens (tertiary/aromatic N) is 2. The van der Waals surface area contributed by atoms with Crippen molar-refractivity contribution in [3.63, 3.8) is 0 Å². The van der Waals surface area contributed by atoms with Crippen LogP contribution in [0.4, 0.5) is 0 Å². The van der Waals surface area contributed by atoms with E-state index in [1.807, 2.05) is 25.1 Å². The standard InChI is InChI=1S/C12H12BrN3S/c1-8(14)9-2-3-11(10(13)6-9)17-12-7-15-4-5-16-12/h2-8H,14H2,1H3/t8-/m1/s1. The molecule has 17 heavy (non-hydrogen) atoms. The van der Waals surface area contributed by atoms with Crippen molar-refractivity contribution in [3.05, 3.63) is 46.8 Å². The van der Waals surface area contributed by atoms with Crippen molar-refractivity contribution >= 4 is 27.7 Å². The summed E-state index contributed by atoms with van der Waals surface area (Å²) >= 11 is 5.12. The first-order valence-electron chi connectivity index (χ1n) is 5.15. The van der Waals surface area contributed by atoms with Gasteiger partial charge in [0.2, 0.25) is 0 Å². The number of halogens is 1. The van der Waals surface area contributed by atoms with Gasteiger partial charge in [0.05, 0.1) is 6.20 Å². The molecule has 2 N–H and O–H groups in total. The van der Waals surface area contributed by atoms with E-state index >= 15 is 0 Å². The Hall–Kier alpha value is -0.910. The molecule has 0 saturated heterocycles. The largest absolute Gasteiger partial charge is 0.324 e. The predicted molar refractivity (Wildman–Crippen MR) is 72.9 cm³/mol. The number of benzene rings is 1. The van der Waals surface area contributed by atoms with Crippen LogP contribution in [0.5, 0.6) is 0 Å². The highest BCUT2D eigenvalue weighted by Gasteiger charge is 2.06. The van der Waals surface area contributed by atoms with Crippen LogP contribution in [-0.2, 0) is 0 Å². The lowest BCUT2D eigenvalue weighted by atomic mass is 10.1. The van der Waals surface area contributed by atoms with E-state index < -0.39 is 0 Å². The molecule has 5 heteroatoms. The Bertz CT molecular complexity index is 502. The fourth-order valence-corrected chi connectivity index (χ4v) is 2.72. The lowest BCUT2D eigenvalue weighted by molar-refractivity contribution is 0.815. The maximum absolute atomic E-state index is 5.84. The Morgan fingerprint density at radius 2 is 2.18 bits per heavy atom. The highest BCUT2D eigenvalue weighted by molar-refractivity contribution is 9.10. The van der Waals surface area contributed by atoms with Crippen LogP contribution >= 0.6 is 27.7 Å². The van der Waals surface area contributed by atoms with Gasteiger partial charge in [-0.25, -0.2) is 4.98 Å². The lowest BCUT2D eigenvalue weighted by Crippen LogP contribution is -2.04. The van der Waals surface area contributed by atoms with E-state index in [1.165, 1.54) is 0 Å². The van der Waals surface area contributed by atoms with Crippen LogP contribution in [-0.4, -0.2) is 9.97 Å². The maximum atomic E-state index is 5.84. The minimum absolute atomic E-state index is 0.0434. The van der Waals surface area contributed by atoms with Crippen molar-refractivity contribution in [3.8, 4) is 0 Å². The Kier molecular flexibility index (Phi) is 4.15. The van der Waals surface area contributed by atoms with E-state index in [9.17, 15) is 0 Å². The first kappa shape index (κ1) is 12.5. The van der Waals surface area contributed by atoms with Crippen molar-refractivity contribution in [2.75, 3.05) is 0 Å². The van der Waals surface area contributed by atoms with Gasteiger partial charge in [-0.15, -0.1) is 0 Å².